The van der Waals surface area contributed by atoms with Gasteiger partial charge in [-0.05, 0) is 0 Å². The van der Waals surface area contributed by atoms with Crippen LogP contribution in [0.1, 0.15) is 0 Å². The van der Waals surface area contributed by atoms with Gasteiger partial charge in [0.15, 0.2) is 11.1 Å². The molecule has 0 aliphatic heterocycles. The van der Waals surface area contributed by atoms with Crippen LogP contribution in [0.3, 0.4) is 0 Å². The zero-order chi connectivity index (χ0) is 9.26. The molecule has 2 N–H and O–H groups in total. The zero-order valence-electron chi connectivity index (χ0n) is 7.40. The number of imidazole rings is 1. The summed E-state index contributed by atoms with van der Waals surface area (Å²) in [6.45, 7) is 4.28. The maximum Gasteiger partial charge on any atom is 0.173 e. The van der Waals surface area contributed by atoms with Crippen LogP contribution in [-0.4, -0.2) is 19.5 Å². The predicted molar refractivity (Wildman–Crippen MR) is 58.3 cm³/mol. The Morgan fingerprint density at radius 2 is 2.36 bits per heavy atom. The van der Waals surface area contributed by atoms with Crippen LogP contribution in [0.5, 0.6) is 0 Å². The molecule has 0 aliphatic rings. The van der Waals surface area contributed by atoms with E-state index in [1.807, 2.05) is 4.57 Å². The molecule has 0 saturated heterocycles. The van der Waals surface area contributed by atoms with Crippen molar-refractivity contribution >= 4 is 28.1 Å². The van der Waals surface area contributed by atoms with Crippen LogP contribution < -0.4 is 5.49 Å². The van der Waals surface area contributed by atoms with E-state index < -0.39 is 0 Å². The van der Waals surface area contributed by atoms with E-state index in [1.54, 1.807) is 18.7 Å². The van der Waals surface area contributed by atoms with Crippen LogP contribution >= 0.6 is 17.0 Å². The Morgan fingerprint density at radius 1 is 1.57 bits per heavy atom. The van der Waals surface area contributed by atoms with Gasteiger partial charge in [0.1, 0.15) is 5.52 Å². The molecule has 0 bridgehead atoms. The van der Waals surface area contributed by atoms with Crippen molar-refractivity contribution in [1.82, 2.24) is 19.5 Å². The highest BCUT2D eigenvalue weighted by Crippen LogP contribution is 2.01. The van der Waals surface area contributed by atoms with Crippen molar-refractivity contribution < 1.29 is 0 Å². The summed E-state index contributed by atoms with van der Waals surface area (Å²) in [5.41, 5.74) is 1.61. The molecular weight excluding hydrogens is 246 g/mol. The van der Waals surface area contributed by atoms with Gasteiger partial charge in [-0.15, -0.1) is 23.6 Å². The number of aromatic nitrogens is 4. The summed E-state index contributed by atoms with van der Waals surface area (Å²) in [4.78, 5) is 10.9. The quantitative estimate of drug-likeness (QED) is 0.787. The molecule has 5 nitrogen and oxygen atoms in total. The maximum atomic E-state index is 7.49. The highest BCUT2D eigenvalue weighted by molar-refractivity contribution is 8.93. The Hall–Kier alpha value is -1.43. The Balaban J connectivity index is 0.000000980. The molecule has 0 fully saturated rings. The smallest absolute Gasteiger partial charge is 0.173 e. The number of hydrogen-bond acceptors (Lipinski definition) is 3. The SMILES string of the molecule is Br.C=CCn1cnc(=N)c2[nH]cnc21. The van der Waals surface area contributed by atoms with Crippen LogP contribution in [0.25, 0.3) is 11.2 Å². The minimum absolute atomic E-state index is 0. The second-order valence-electron chi connectivity index (χ2n) is 2.64. The van der Waals surface area contributed by atoms with Crippen LogP contribution in [0.15, 0.2) is 25.3 Å². The molecule has 2 rings (SSSR count). The summed E-state index contributed by atoms with van der Waals surface area (Å²) in [6.07, 6.45) is 4.91. The van der Waals surface area contributed by atoms with Crippen molar-refractivity contribution in [3.05, 3.63) is 30.8 Å². The lowest BCUT2D eigenvalue weighted by molar-refractivity contribution is 0.804. The first-order chi connectivity index (χ1) is 6.33. The first-order valence-corrected chi connectivity index (χ1v) is 3.87. The van der Waals surface area contributed by atoms with Gasteiger partial charge in [-0.2, -0.15) is 0 Å². The molecule has 0 radical (unpaired) electrons. The van der Waals surface area contributed by atoms with E-state index in [4.69, 9.17) is 5.41 Å². The summed E-state index contributed by atoms with van der Waals surface area (Å²) in [5.74, 6) is 0. The first kappa shape index (κ1) is 10.6. The van der Waals surface area contributed by atoms with Gasteiger partial charge in [0, 0.05) is 6.54 Å². The maximum absolute atomic E-state index is 7.49. The fourth-order valence-corrected chi connectivity index (χ4v) is 1.20. The van der Waals surface area contributed by atoms with Gasteiger partial charge in [0.2, 0.25) is 0 Å². The molecule has 0 aliphatic carbocycles. The van der Waals surface area contributed by atoms with E-state index in [0.29, 0.717) is 12.1 Å². The molecule has 0 atom stereocenters. The lowest BCUT2D eigenvalue weighted by Gasteiger charge is -2.01. The monoisotopic (exact) mass is 255 g/mol. The number of aromatic amines is 1. The fraction of sp³-hybridized carbons (Fsp3) is 0.125. The number of allylic oxidation sites excluding steroid dienone is 1. The van der Waals surface area contributed by atoms with Gasteiger partial charge in [0.25, 0.3) is 0 Å². The largest absolute Gasteiger partial charge is 0.340 e. The van der Waals surface area contributed by atoms with Crippen LogP contribution in [0.2, 0.25) is 0 Å². The van der Waals surface area contributed by atoms with Gasteiger partial charge in [-0.3, -0.25) is 5.41 Å². The fourth-order valence-electron chi connectivity index (χ4n) is 1.20. The highest BCUT2D eigenvalue weighted by Gasteiger charge is 2.01. The Bertz CT molecular complexity index is 498. The topological polar surface area (TPSA) is 70.3 Å². The van der Waals surface area contributed by atoms with Crippen LogP contribution in [0, 0.1) is 5.41 Å². The number of nitrogens with zero attached hydrogens (tertiary/aromatic N) is 3. The number of H-pyrrole nitrogens is 1. The highest BCUT2D eigenvalue weighted by atomic mass is 79.9. The van der Waals surface area contributed by atoms with E-state index in [1.165, 1.54) is 0 Å². The first-order valence-electron chi connectivity index (χ1n) is 3.87. The van der Waals surface area contributed by atoms with Gasteiger partial charge in [-0.1, -0.05) is 6.08 Å². The molecular formula is C8H10BrN5. The van der Waals surface area contributed by atoms with Crippen molar-refractivity contribution in [2.45, 2.75) is 6.54 Å². The molecule has 14 heavy (non-hydrogen) atoms. The number of nitrogens with one attached hydrogen (secondary N) is 2. The molecule has 2 aromatic rings. The lowest BCUT2D eigenvalue weighted by Crippen LogP contribution is -2.12. The Labute approximate surface area is 90.8 Å². The third-order valence-corrected chi connectivity index (χ3v) is 1.78. The molecule has 2 heterocycles. The molecule has 0 unspecified atom stereocenters. The van der Waals surface area contributed by atoms with Gasteiger partial charge in [0.05, 0.1) is 12.7 Å². The molecule has 0 spiro atoms. The standard InChI is InChI=1S/C8H9N5.BrH/c1-2-3-13-5-12-7(9)6-8(13)11-4-10-6;/h2,4-5,9H,1,3H2,(H,10,11);1H. The summed E-state index contributed by atoms with van der Waals surface area (Å²) in [5, 5.41) is 7.49. The van der Waals surface area contributed by atoms with Crippen LogP contribution in [-0.2, 0) is 6.54 Å². The van der Waals surface area contributed by atoms with E-state index in [2.05, 4.69) is 21.5 Å². The van der Waals surface area contributed by atoms with E-state index in [-0.39, 0.29) is 22.5 Å². The van der Waals surface area contributed by atoms with E-state index in [9.17, 15) is 0 Å². The van der Waals surface area contributed by atoms with Crippen LogP contribution in [0.4, 0.5) is 0 Å². The Kier molecular flexibility index (Phi) is 3.19. The minimum Gasteiger partial charge on any atom is -0.340 e. The average Bonchev–Trinajstić information content (AvgIpc) is 2.59. The van der Waals surface area contributed by atoms with Gasteiger partial charge in [-0.25, -0.2) is 9.97 Å². The van der Waals surface area contributed by atoms with Gasteiger partial charge >= 0.3 is 0 Å². The predicted octanol–water partition coefficient (Wildman–Crippen LogP) is 1.00. The van der Waals surface area contributed by atoms with Crippen molar-refractivity contribution in [3.63, 3.8) is 0 Å². The molecule has 74 valence electrons. The number of hydrogen-bond donors (Lipinski definition) is 2. The molecule has 0 aromatic carbocycles. The summed E-state index contributed by atoms with van der Waals surface area (Å²) in [6, 6.07) is 0. The average molecular weight is 256 g/mol. The van der Waals surface area contributed by atoms with Crippen molar-refractivity contribution in [2.75, 3.05) is 0 Å². The molecule has 0 amide bonds. The van der Waals surface area contributed by atoms with E-state index in [0.717, 1.165) is 5.65 Å². The number of rotatable bonds is 2. The Morgan fingerprint density at radius 3 is 3.07 bits per heavy atom. The normalized spacial score (nSPS) is 9.71. The number of halogens is 1. The van der Waals surface area contributed by atoms with E-state index >= 15 is 0 Å². The third-order valence-electron chi connectivity index (χ3n) is 1.78. The van der Waals surface area contributed by atoms with Crippen molar-refractivity contribution in [1.29, 1.82) is 5.41 Å². The van der Waals surface area contributed by atoms with Crippen molar-refractivity contribution in [3.8, 4) is 0 Å². The minimum atomic E-state index is 0. The lowest BCUT2D eigenvalue weighted by atomic mass is 10.5. The third kappa shape index (κ3) is 1.60. The molecule has 0 saturated carbocycles. The van der Waals surface area contributed by atoms with Crippen molar-refractivity contribution in [2.24, 2.45) is 0 Å². The summed E-state index contributed by atoms with van der Waals surface area (Å²) in [7, 11) is 0. The summed E-state index contributed by atoms with van der Waals surface area (Å²) < 4.78 is 1.83. The molecule has 2 aromatic heterocycles. The second-order valence-corrected chi connectivity index (χ2v) is 2.64. The second kappa shape index (κ2) is 4.19. The molecule has 6 heteroatoms. The zero-order valence-corrected chi connectivity index (χ0v) is 9.11. The number of fused-ring (bicyclic) bond motifs is 1. The van der Waals surface area contributed by atoms with Gasteiger partial charge < -0.3 is 9.55 Å². The summed E-state index contributed by atoms with van der Waals surface area (Å²) >= 11 is 0.